The lowest BCUT2D eigenvalue weighted by Gasteiger charge is -2.14. The van der Waals surface area contributed by atoms with Crippen LogP contribution in [0.25, 0.3) is 0 Å². The van der Waals surface area contributed by atoms with E-state index in [2.05, 4.69) is 20.6 Å². The molecule has 0 spiro atoms. The average molecular weight is 291 g/mol. The van der Waals surface area contributed by atoms with Crippen molar-refractivity contribution in [2.24, 2.45) is 0 Å². The van der Waals surface area contributed by atoms with E-state index in [0.29, 0.717) is 5.95 Å². The van der Waals surface area contributed by atoms with Crippen LogP contribution in [0.3, 0.4) is 0 Å². The van der Waals surface area contributed by atoms with Gasteiger partial charge in [0.1, 0.15) is 17.7 Å². The van der Waals surface area contributed by atoms with Crippen molar-refractivity contribution in [1.29, 1.82) is 0 Å². The quantitative estimate of drug-likeness (QED) is 0.644. The number of nitrogens with zero attached hydrogens (tertiary/aromatic N) is 3. The second-order valence-corrected chi connectivity index (χ2v) is 4.67. The molecule has 2 aromatic rings. The third-order valence-corrected chi connectivity index (χ3v) is 3.09. The van der Waals surface area contributed by atoms with Crippen molar-refractivity contribution in [3.8, 4) is 0 Å². The molecule has 112 valence electrons. The predicted molar refractivity (Wildman–Crippen MR) is 78.5 cm³/mol. The van der Waals surface area contributed by atoms with E-state index >= 15 is 0 Å². The zero-order chi connectivity index (χ0) is 15.6. The first-order valence-electron chi connectivity index (χ1n) is 6.45. The van der Waals surface area contributed by atoms with E-state index in [4.69, 9.17) is 4.42 Å². The number of hydrogen-bond acceptors (Lipinski definition) is 7. The van der Waals surface area contributed by atoms with Crippen molar-refractivity contribution in [3.63, 3.8) is 0 Å². The Labute approximate surface area is 121 Å². The summed E-state index contributed by atoms with van der Waals surface area (Å²) in [5.41, 5.74) is 0.769. The van der Waals surface area contributed by atoms with Crippen molar-refractivity contribution in [1.82, 2.24) is 9.97 Å². The Bertz CT molecular complexity index is 668. The van der Waals surface area contributed by atoms with Crippen LogP contribution < -0.4 is 10.6 Å². The summed E-state index contributed by atoms with van der Waals surface area (Å²) in [5.74, 6) is 2.06. The molecule has 0 radical (unpaired) electrons. The van der Waals surface area contributed by atoms with E-state index in [1.807, 2.05) is 26.8 Å². The largest absolute Gasteiger partial charge is 0.466 e. The first-order chi connectivity index (χ1) is 9.92. The fraction of sp³-hybridized carbons (Fsp3) is 0.385. The van der Waals surface area contributed by atoms with Crippen LogP contribution in [-0.4, -0.2) is 21.9 Å². The minimum absolute atomic E-state index is 0.168. The van der Waals surface area contributed by atoms with Crippen LogP contribution in [0.2, 0.25) is 0 Å². The fourth-order valence-electron chi connectivity index (χ4n) is 2.10. The van der Waals surface area contributed by atoms with Crippen molar-refractivity contribution >= 4 is 17.5 Å². The number of aromatic nitrogens is 2. The van der Waals surface area contributed by atoms with Gasteiger partial charge < -0.3 is 15.1 Å². The van der Waals surface area contributed by atoms with E-state index in [1.165, 1.54) is 6.20 Å². The number of hydrogen-bond donors (Lipinski definition) is 2. The van der Waals surface area contributed by atoms with Gasteiger partial charge in [-0.1, -0.05) is 0 Å². The summed E-state index contributed by atoms with van der Waals surface area (Å²) in [4.78, 5) is 18.5. The molecule has 2 rings (SSSR count). The Morgan fingerprint density at radius 3 is 2.67 bits per heavy atom. The maximum absolute atomic E-state index is 11.1. The van der Waals surface area contributed by atoms with Crippen LogP contribution in [0.5, 0.6) is 0 Å². The summed E-state index contributed by atoms with van der Waals surface area (Å²) in [6, 6.07) is 1.72. The van der Waals surface area contributed by atoms with E-state index in [0.717, 1.165) is 17.1 Å². The summed E-state index contributed by atoms with van der Waals surface area (Å²) >= 11 is 0. The van der Waals surface area contributed by atoms with Gasteiger partial charge in [-0.05, 0) is 26.8 Å². The highest BCUT2D eigenvalue weighted by Gasteiger charge is 2.21. The number of anilines is 2. The zero-order valence-corrected chi connectivity index (χ0v) is 12.3. The molecule has 0 bridgehead atoms. The number of aryl methyl sites for hydroxylation is 2. The van der Waals surface area contributed by atoms with E-state index in [1.54, 1.807) is 7.05 Å². The van der Waals surface area contributed by atoms with Gasteiger partial charge in [0.05, 0.1) is 11.0 Å². The van der Waals surface area contributed by atoms with Crippen LogP contribution in [0.4, 0.5) is 17.5 Å². The molecular weight excluding hydrogens is 274 g/mol. The van der Waals surface area contributed by atoms with Crippen molar-refractivity contribution in [2.45, 2.75) is 26.8 Å². The normalized spacial score (nSPS) is 12.0. The van der Waals surface area contributed by atoms with Gasteiger partial charge in [-0.15, -0.1) is 0 Å². The third-order valence-electron chi connectivity index (χ3n) is 3.09. The van der Waals surface area contributed by atoms with Gasteiger partial charge in [0, 0.05) is 12.6 Å². The molecule has 0 aliphatic heterocycles. The van der Waals surface area contributed by atoms with Gasteiger partial charge in [-0.2, -0.15) is 4.98 Å². The SMILES string of the molecule is CNc1ncc([N+](=O)[O-])c(NC(C)c2cc(C)oc2C)n1. The first-order valence-corrected chi connectivity index (χ1v) is 6.45. The molecule has 0 amide bonds. The van der Waals surface area contributed by atoms with Gasteiger partial charge in [-0.3, -0.25) is 10.1 Å². The molecule has 1 atom stereocenters. The van der Waals surface area contributed by atoms with Crippen molar-refractivity contribution < 1.29 is 9.34 Å². The monoisotopic (exact) mass is 291 g/mol. The van der Waals surface area contributed by atoms with E-state index in [9.17, 15) is 10.1 Å². The molecule has 2 N–H and O–H groups in total. The summed E-state index contributed by atoms with van der Waals surface area (Å²) in [5, 5.41) is 16.9. The maximum atomic E-state index is 11.1. The minimum atomic E-state index is -0.512. The fourth-order valence-corrected chi connectivity index (χ4v) is 2.10. The highest BCUT2D eigenvalue weighted by atomic mass is 16.6. The highest BCUT2D eigenvalue weighted by molar-refractivity contribution is 5.58. The molecule has 1 unspecified atom stereocenters. The van der Waals surface area contributed by atoms with Crippen LogP contribution in [0.15, 0.2) is 16.7 Å². The lowest BCUT2D eigenvalue weighted by atomic mass is 10.1. The smallest absolute Gasteiger partial charge is 0.329 e. The molecule has 8 heteroatoms. The molecule has 8 nitrogen and oxygen atoms in total. The molecular formula is C13H17N5O3. The van der Waals surface area contributed by atoms with Crippen LogP contribution in [0, 0.1) is 24.0 Å². The predicted octanol–water partition coefficient (Wildman–Crippen LogP) is 2.81. The van der Waals surface area contributed by atoms with Gasteiger partial charge in [0.15, 0.2) is 0 Å². The average Bonchev–Trinajstić information content (AvgIpc) is 2.77. The second kappa shape index (κ2) is 5.78. The molecule has 0 fully saturated rings. The molecule has 2 aromatic heterocycles. The Kier molecular flexibility index (Phi) is 4.06. The number of nitrogens with one attached hydrogen (secondary N) is 2. The standard InChI is InChI=1S/C13H17N5O3/c1-7-5-10(9(3)21-7)8(2)16-12-11(18(19)20)6-15-13(14-4)17-12/h5-6,8H,1-4H3,(H2,14,15,16,17). The van der Waals surface area contributed by atoms with Crippen molar-refractivity contribution in [3.05, 3.63) is 39.5 Å². The topological polar surface area (TPSA) is 106 Å². The van der Waals surface area contributed by atoms with Crippen LogP contribution in [0.1, 0.15) is 30.0 Å². The third kappa shape index (κ3) is 3.10. The van der Waals surface area contributed by atoms with Crippen molar-refractivity contribution in [2.75, 3.05) is 17.7 Å². The Hall–Kier alpha value is -2.64. The molecule has 21 heavy (non-hydrogen) atoms. The van der Waals surface area contributed by atoms with Gasteiger partial charge in [0.25, 0.3) is 0 Å². The zero-order valence-electron chi connectivity index (χ0n) is 12.3. The van der Waals surface area contributed by atoms with Gasteiger partial charge in [0.2, 0.25) is 11.8 Å². The Morgan fingerprint density at radius 2 is 2.14 bits per heavy atom. The molecule has 0 saturated heterocycles. The second-order valence-electron chi connectivity index (χ2n) is 4.67. The summed E-state index contributed by atoms with van der Waals surface area (Å²) in [6.45, 7) is 5.60. The van der Waals surface area contributed by atoms with Crippen LogP contribution in [-0.2, 0) is 0 Å². The lowest BCUT2D eigenvalue weighted by molar-refractivity contribution is -0.384. The summed E-state index contributed by atoms with van der Waals surface area (Å²) in [6.07, 6.45) is 1.18. The van der Waals surface area contributed by atoms with Crippen LogP contribution >= 0.6 is 0 Å². The Morgan fingerprint density at radius 1 is 1.43 bits per heavy atom. The number of furan rings is 1. The van der Waals surface area contributed by atoms with Gasteiger partial charge in [-0.25, -0.2) is 4.98 Å². The molecule has 0 aliphatic rings. The molecule has 0 aliphatic carbocycles. The summed E-state index contributed by atoms with van der Waals surface area (Å²) in [7, 11) is 1.65. The molecule has 0 saturated carbocycles. The van der Waals surface area contributed by atoms with E-state index in [-0.39, 0.29) is 17.5 Å². The molecule has 0 aromatic carbocycles. The number of rotatable bonds is 5. The first kappa shape index (κ1) is 14.8. The Balaban J connectivity index is 2.33. The summed E-state index contributed by atoms with van der Waals surface area (Å²) < 4.78 is 5.48. The molecule has 2 heterocycles. The minimum Gasteiger partial charge on any atom is -0.466 e. The lowest BCUT2D eigenvalue weighted by Crippen LogP contribution is -2.11. The van der Waals surface area contributed by atoms with Gasteiger partial charge >= 0.3 is 5.69 Å². The highest BCUT2D eigenvalue weighted by Crippen LogP contribution is 2.28. The van der Waals surface area contributed by atoms with E-state index < -0.39 is 4.92 Å². The maximum Gasteiger partial charge on any atom is 0.329 e. The number of nitro groups is 1.